The van der Waals surface area contributed by atoms with Crippen LogP contribution in [0.2, 0.25) is 0 Å². The molecule has 0 aliphatic carbocycles. The molecule has 0 saturated carbocycles. The van der Waals surface area contributed by atoms with Crippen molar-refractivity contribution in [2.45, 2.75) is 38.3 Å². The van der Waals surface area contributed by atoms with Crippen molar-refractivity contribution in [1.29, 1.82) is 0 Å². The summed E-state index contributed by atoms with van der Waals surface area (Å²) in [5, 5.41) is 4.66. The zero-order valence-electron chi connectivity index (χ0n) is 16.0. The SMILES string of the molecule is Cc1cc2n(n1)[C@@H](Cc1cccc(-c3ccccn3)c1)[C@@H](NS(C)(=O)=O)CC2. The number of sulfonamides is 1. The minimum Gasteiger partial charge on any atom is -0.264 e. The highest BCUT2D eigenvalue weighted by molar-refractivity contribution is 7.88. The summed E-state index contributed by atoms with van der Waals surface area (Å²) >= 11 is 0. The molecule has 2 aromatic heterocycles. The molecule has 0 saturated heterocycles. The molecule has 3 aromatic rings. The molecule has 4 rings (SSSR count). The van der Waals surface area contributed by atoms with E-state index in [1.54, 1.807) is 6.20 Å². The highest BCUT2D eigenvalue weighted by Crippen LogP contribution is 2.30. The minimum absolute atomic E-state index is 0.0637. The average Bonchev–Trinajstić information content (AvgIpc) is 3.04. The maximum absolute atomic E-state index is 11.9. The molecule has 0 radical (unpaired) electrons. The third kappa shape index (κ3) is 4.15. The molecule has 0 bridgehead atoms. The summed E-state index contributed by atoms with van der Waals surface area (Å²) in [5.41, 5.74) is 5.24. The fourth-order valence-corrected chi connectivity index (χ4v) is 4.81. The number of aryl methyl sites for hydroxylation is 2. The number of benzene rings is 1. The largest absolute Gasteiger partial charge is 0.264 e. The Balaban J connectivity index is 1.67. The normalized spacial score (nSPS) is 19.4. The van der Waals surface area contributed by atoms with Crippen molar-refractivity contribution in [3.8, 4) is 11.3 Å². The van der Waals surface area contributed by atoms with Crippen LogP contribution in [0.3, 0.4) is 0 Å². The van der Waals surface area contributed by atoms with Gasteiger partial charge in [-0.05, 0) is 56.0 Å². The Morgan fingerprint density at radius 2 is 2.04 bits per heavy atom. The van der Waals surface area contributed by atoms with Crippen molar-refractivity contribution >= 4 is 10.0 Å². The van der Waals surface area contributed by atoms with Crippen molar-refractivity contribution in [1.82, 2.24) is 19.5 Å². The van der Waals surface area contributed by atoms with E-state index in [1.165, 1.54) is 6.26 Å². The molecule has 2 atom stereocenters. The van der Waals surface area contributed by atoms with Crippen molar-refractivity contribution in [2.24, 2.45) is 0 Å². The lowest BCUT2D eigenvalue weighted by Crippen LogP contribution is -2.45. The first-order valence-corrected chi connectivity index (χ1v) is 11.3. The quantitative estimate of drug-likeness (QED) is 0.719. The van der Waals surface area contributed by atoms with E-state index in [2.05, 4.69) is 33.0 Å². The molecule has 146 valence electrons. The lowest BCUT2D eigenvalue weighted by Gasteiger charge is -2.33. The first-order chi connectivity index (χ1) is 13.4. The molecule has 6 nitrogen and oxygen atoms in total. The summed E-state index contributed by atoms with van der Waals surface area (Å²) in [5.74, 6) is 0. The average molecular weight is 397 g/mol. The van der Waals surface area contributed by atoms with Crippen LogP contribution in [0.4, 0.5) is 0 Å². The van der Waals surface area contributed by atoms with Gasteiger partial charge in [-0.3, -0.25) is 9.67 Å². The van der Waals surface area contributed by atoms with Gasteiger partial charge in [0.1, 0.15) is 0 Å². The lowest BCUT2D eigenvalue weighted by atomic mass is 9.92. The fourth-order valence-electron chi connectivity index (χ4n) is 3.98. The van der Waals surface area contributed by atoms with Gasteiger partial charge in [0.15, 0.2) is 0 Å². The molecule has 0 unspecified atom stereocenters. The van der Waals surface area contributed by atoms with E-state index in [1.807, 2.05) is 41.9 Å². The first kappa shape index (κ1) is 18.8. The number of aromatic nitrogens is 3. The second-order valence-corrected chi connectivity index (χ2v) is 9.22. The Morgan fingerprint density at radius 1 is 1.18 bits per heavy atom. The number of hydrogen-bond acceptors (Lipinski definition) is 4. The molecule has 1 aliphatic heterocycles. The van der Waals surface area contributed by atoms with Crippen molar-refractivity contribution < 1.29 is 8.42 Å². The zero-order valence-corrected chi connectivity index (χ0v) is 16.9. The Hall–Kier alpha value is -2.51. The summed E-state index contributed by atoms with van der Waals surface area (Å²) in [4.78, 5) is 4.43. The summed E-state index contributed by atoms with van der Waals surface area (Å²) in [7, 11) is -3.30. The van der Waals surface area contributed by atoms with Gasteiger partial charge in [0.05, 0.1) is 23.7 Å². The van der Waals surface area contributed by atoms with E-state index in [-0.39, 0.29) is 12.1 Å². The number of rotatable bonds is 5. The third-order valence-electron chi connectivity index (χ3n) is 5.12. The predicted molar refractivity (Wildman–Crippen MR) is 109 cm³/mol. The Labute approximate surface area is 165 Å². The Bertz CT molecular complexity index is 1080. The first-order valence-electron chi connectivity index (χ1n) is 9.42. The van der Waals surface area contributed by atoms with E-state index in [4.69, 9.17) is 0 Å². The Morgan fingerprint density at radius 3 is 2.79 bits per heavy atom. The number of fused-ring (bicyclic) bond motifs is 1. The molecule has 0 spiro atoms. The Kier molecular flexibility index (Phi) is 5.03. The van der Waals surface area contributed by atoms with Gasteiger partial charge in [-0.15, -0.1) is 0 Å². The van der Waals surface area contributed by atoms with E-state index in [0.717, 1.165) is 41.1 Å². The van der Waals surface area contributed by atoms with Crippen LogP contribution in [-0.4, -0.2) is 35.5 Å². The zero-order chi connectivity index (χ0) is 19.7. The van der Waals surface area contributed by atoms with E-state index >= 15 is 0 Å². The predicted octanol–water partition coefficient (Wildman–Crippen LogP) is 2.90. The second-order valence-electron chi connectivity index (χ2n) is 7.44. The monoisotopic (exact) mass is 396 g/mol. The maximum atomic E-state index is 11.9. The van der Waals surface area contributed by atoms with E-state index < -0.39 is 10.0 Å². The standard InChI is InChI=1S/C21H24N4O2S/c1-15-12-18-9-10-20(24-28(2,26)27)21(25(18)23-15)14-16-6-5-7-17(13-16)19-8-3-4-11-22-19/h3-8,11-13,20-21,24H,9-10,14H2,1-2H3/t20-,21-/m0/s1. The molecular formula is C21H24N4O2S. The van der Waals surface area contributed by atoms with Crippen LogP contribution < -0.4 is 4.72 Å². The molecule has 0 fully saturated rings. The summed E-state index contributed by atoms with van der Waals surface area (Å²) in [6.45, 7) is 1.98. The van der Waals surface area contributed by atoms with Crippen LogP contribution in [0.25, 0.3) is 11.3 Å². The van der Waals surface area contributed by atoms with Crippen LogP contribution >= 0.6 is 0 Å². The van der Waals surface area contributed by atoms with E-state index in [9.17, 15) is 8.42 Å². The molecule has 3 heterocycles. The number of nitrogens with zero attached hydrogens (tertiary/aromatic N) is 3. The van der Waals surface area contributed by atoms with Crippen molar-refractivity contribution in [2.75, 3.05) is 6.26 Å². The minimum atomic E-state index is -3.30. The van der Waals surface area contributed by atoms with Gasteiger partial charge < -0.3 is 0 Å². The number of pyridine rings is 1. The van der Waals surface area contributed by atoms with Gasteiger partial charge in [-0.1, -0.05) is 24.3 Å². The topological polar surface area (TPSA) is 76.9 Å². The molecule has 28 heavy (non-hydrogen) atoms. The van der Waals surface area contributed by atoms with Gasteiger partial charge in [-0.2, -0.15) is 5.10 Å². The van der Waals surface area contributed by atoms with Crippen LogP contribution in [0.15, 0.2) is 54.7 Å². The second kappa shape index (κ2) is 7.48. The molecule has 7 heteroatoms. The van der Waals surface area contributed by atoms with Crippen LogP contribution in [0.1, 0.15) is 29.4 Å². The van der Waals surface area contributed by atoms with Crippen molar-refractivity contribution in [3.05, 3.63) is 71.7 Å². The molecule has 0 amide bonds. The van der Waals surface area contributed by atoms with Gasteiger partial charge in [-0.25, -0.2) is 13.1 Å². The van der Waals surface area contributed by atoms with Gasteiger partial charge in [0.2, 0.25) is 10.0 Å². The van der Waals surface area contributed by atoms with Crippen molar-refractivity contribution in [3.63, 3.8) is 0 Å². The maximum Gasteiger partial charge on any atom is 0.209 e. The third-order valence-corrected chi connectivity index (χ3v) is 5.85. The smallest absolute Gasteiger partial charge is 0.209 e. The number of nitrogens with one attached hydrogen (secondary N) is 1. The van der Waals surface area contributed by atoms with Gasteiger partial charge in [0, 0.05) is 23.5 Å². The van der Waals surface area contributed by atoms with Gasteiger partial charge in [0.25, 0.3) is 0 Å². The summed E-state index contributed by atoms with van der Waals surface area (Å²) in [6.07, 6.45) is 5.28. The molecule has 1 aromatic carbocycles. The summed E-state index contributed by atoms with van der Waals surface area (Å²) in [6, 6.07) is 16.0. The van der Waals surface area contributed by atoms with Gasteiger partial charge >= 0.3 is 0 Å². The van der Waals surface area contributed by atoms with Crippen LogP contribution in [-0.2, 0) is 22.9 Å². The molecule has 1 aliphatic rings. The van der Waals surface area contributed by atoms with Crippen LogP contribution in [0, 0.1) is 6.92 Å². The number of hydrogen-bond donors (Lipinski definition) is 1. The summed E-state index contributed by atoms with van der Waals surface area (Å²) < 4.78 is 28.6. The highest BCUT2D eigenvalue weighted by atomic mass is 32.2. The van der Waals surface area contributed by atoms with E-state index in [0.29, 0.717) is 6.42 Å². The lowest BCUT2D eigenvalue weighted by molar-refractivity contribution is 0.299. The highest BCUT2D eigenvalue weighted by Gasteiger charge is 2.32. The molecule has 1 N–H and O–H groups in total. The fraction of sp³-hybridized carbons (Fsp3) is 0.333. The van der Waals surface area contributed by atoms with Crippen LogP contribution in [0.5, 0.6) is 0 Å². The molecular weight excluding hydrogens is 372 g/mol.